The lowest BCUT2D eigenvalue weighted by Crippen LogP contribution is -2.30. The van der Waals surface area contributed by atoms with Crippen LogP contribution in [-0.4, -0.2) is 37.2 Å². The van der Waals surface area contributed by atoms with Crippen molar-refractivity contribution in [1.82, 2.24) is 0 Å². The van der Waals surface area contributed by atoms with E-state index in [0.717, 1.165) is 83.5 Å². The topological polar surface area (TPSA) is 78.9 Å². The van der Waals surface area contributed by atoms with Crippen molar-refractivity contribution in [2.45, 2.75) is 232 Å². The number of esters is 3. The lowest BCUT2D eigenvalue weighted by atomic mass is 10.0. The van der Waals surface area contributed by atoms with Crippen molar-refractivity contribution in [2.75, 3.05) is 13.2 Å². The Balaban J connectivity index is 4.54. The Bertz CT molecular complexity index is 1280. The van der Waals surface area contributed by atoms with E-state index >= 15 is 0 Å². The maximum atomic E-state index is 12.8. The van der Waals surface area contributed by atoms with Crippen LogP contribution in [0.2, 0.25) is 0 Å². The van der Waals surface area contributed by atoms with Crippen LogP contribution in [0.15, 0.2) is 97.2 Å². The molecule has 0 saturated carbocycles. The Morgan fingerprint density at radius 2 is 0.635 bits per heavy atom. The van der Waals surface area contributed by atoms with E-state index in [0.29, 0.717) is 25.7 Å². The monoisotopic (exact) mass is 875 g/mol. The zero-order valence-corrected chi connectivity index (χ0v) is 40.8. The first-order chi connectivity index (χ1) is 31.0. The normalized spacial score (nSPS) is 12.9. The highest BCUT2D eigenvalue weighted by Crippen LogP contribution is 2.14. The molecule has 0 aromatic carbocycles. The van der Waals surface area contributed by atoms with Gasteiger partial charge < -0.3 is 14.2 Å². The molecule has 0 aromatic heterocycles. The molecular formula is C57H94O6. The molecule has 0 aliphatic rings. The van der Waals surface area contributed by atoms with Crippen molar-refractivity contribution in [1.29, 1.82) is 0 Å². The van der Waals surface area contributed by atoms with E-state index in [1.54, 1.807) is 0 Å². The van der Waals surface area contributed by atoms with E-state index in [1.807, 2.05) is 0 Å². The first-order valence-corrected chi connectivity index (χ1v) is 25.7. The lowest BCUT2D eigenvalue weighted by Gasteiger charge is -2.18. The summed E-state index contributed by atoms with van der Waals surface area (Å²) >= 11 is 0. The van der Waals surface area contributed by atoms with E-state index in [1.165, 1.54) is 89.9 Å². The summed E-state index contributed by atoms with van der Waals surface area (Å²) < 4.78 is 16.7. The predicted molar refractivity (Wildman–Crippen MR) is 270 cm³/mol. The van der Waals surface area contributed by atoms with Gasteiger partial charge in [0, 0.05) is 19.3 Å². The van der Waals surface area contributed by atoms with E-state index < -0.39 is 6.10 Å². The number of carbonyl (C=O) groups is 3. The molecular weight excluding hydrogens is 781 g/mol. The van der Waals surface area contributed by atoms with Crippen LogP contribution >= 0.6 is 0 Å². The standard InChI is InChI=1S/C57H94O6/c1-4-7-10-13-16-19-22-25-27-28-30-33-35-38-41-44-47-50-56(59)62-53-54(63-57(60)51-48-45-42-39-36-31-24-21-18-15-12-9-6-3)52-61-55(58)49-46-43-40-37-34-32-29-26-23-20-17-14-11-8-5-2/h8,11,16-17,19-20,25-27,29-30,33-34,37-38,41,54H,4-7,9-10,12-15,18,21-24,28,31-32,35-36,39-40,42-53H2,1-3H3/b11-8-,19-16-,20-17-,27-25-,29-26-,33-30-,37-34-,41-38-/t54-/m1/s1. The minimum absolute atomic E-state index is 0.116. The highest BCUT2D eigenvalue weighted by atomic mass is 16.6. The number of carbonyl (C=O) groups excluding carboxylic acids is 3. The lowest BCUT2D eigenvalue weighted by molar-refractivity contribution is -0.167. The Labute approximate surface area is 387 Å². The number of hydrogen-bond acceptors (Lipinski definition) is 6. The molecule has 0 aliphatic heterocycles. The van der Waals surface area contributed by atoms with Gasteiger partial charge in [-0.15, -0.1) is 0 Å². The van der Waals surface area contributed by atoms with Gasteiger partial charge in [-0.2, -0.15) is 0 Å². The SMILES string of the molecule is CC/C=C\C/C=C\C/C=C\C/C=C\CCCCC(=O)OC[C@H](COC(=O)CCC/C=C\C/C=C\C/C=C\C/C=C\CCCCC)OC(=O)CCCCCCCCCCCCCCC. The molecule has 0 heterocycles. The van der Waals surface area contributed by atoms with Gasteiger partial charge in [0.25, 0.3) is 0 Å². The van der Waals surface area contributed by atoms with Crippen molar-refractivity contribution in [2.24, 2.45) is 0 Å². The summed E-state index contributed by atoms with van der Waals surface area (Å²) in [6, 6.07) is 0. The highest BCUT2D eigenvalue weighted by molar-refractivity contribution is 5.71. The maximum Gasteiger partial charge on any atom is 0.306 e. The Kier molecular flexibility index (Phi) is 48.0. The highest BCUT2D eigenvalue weighted by Gasteiger charge is 2.19. The van der Waals surface area contributed by atoms with Crippen LogP contribution in [0.1, 0.15) is 226 Å². The zero-order valence-electron chi connectivity index (χ0n) is 40.8. The third-order valence-electron chi connectivity index (χ3n) is 10.6. The van der Waals surface area contributed by atoms with E-state index in [9.17, 15) is 14.4 Å². The summed E-state index contributed by atoms with van der Waals surface area (Å²) in [4.78, 5) is 37.9. The molecule has 1 atom stereocenters. The van der Waals surface area contributed by atoms with Crippen LogP contribution in [0.25, 0.3) is 0 Å². The molecule has 0 bridgehead atoms. The third-order valence-corrected chi connectivity index (χ3v) is 10.6. The Morgan fingerprint density at radius 3 is 1.06 bits per heavy atom. The molecule has 6 nitrogen and oxygen atoms in total. The fourth-order valence-corrected chi connectivity index (χ4v) is 6.72. The van der Waals surface area contributed by atoms with Crippen molar-refractivity contribution < 1.29 is 28.6 Å². The van der Waals surface area contributed by atoms with Crippen LogP contribution in [0.4, 0.5) is 0 Å². The van der Waals surface area contributed by atoms with Crippen LogP contribution in [0.5, 0.6) is 0 Å². The average molecular weight is 875 g/mol. The Morgan fingerprint density at radius 1 is 0.333 bits per heavy atom. The van der Waals surface area contributed by atoms with Gasteiger partial charge in [0.15, 0.2) is 6.10 Å². The number of hydrogen-bond donors (Lipinski definition) is 0. The second-order valence-corrected chi connectivity index (χ2v) is 16.7. The van der Waals surface area contributed by atoms with Crippen molar-refractivity contribution in [3.05, 3.63) is 97.2 Å². The molecule has 0 unspecified atom stereocenters. The van der Waals surface area contributed by atoms with Crippen LogP contribution in [0.3, 0.4) is 0 Å². The Hall–Kier alpha value is -3.67. The molecule has 63 heavy (non-hydrogen) atoms. The molecule has 0 N–H and O–H groups in total. The van der Waals surface area contributed by atoms with E-state index in [-0.39, 0.29) is 37.5 Å². The van der Waals surface area contributed by atoms with Crippen LogP contribution < -0.4 is 0 Å². The minimum atomic E-state index is -0.815. The fraction of sp³-hybridized carbons (Fsp3) is 0.667. The van der Waals surface area contributed by atoms with Gasteiger partial charge in [-0.25, -0.2) is 0 Å². The number of allylic oxidation sites excluding steroid dienone is 16. The molecule has 0 aromatic rings. The molecule has 0 radical (unpaired) electrons. The predicted octanol–water partition coefficient (Wildman–Crippen LogP) is 17.0. The van der Waals surface area contributed by atoms with Gasteiger partial charge in [-0.05, 0) is 96.3 Å². The summed E-state index contributed by atoms with van der Waals surface area (Å²) in [5.41, 5.74) is 0. The summed E-state index contributed by atoms with van der Waals surface area (Å²) in [5, 5.41) is 0. The summed E-state index contributed by atoms with van der Waals surface area (Å²) in [7, 11) is 0. The first kappa shape index (κ1) is 59.3. The molecule has 0 amide bonds. The maximum absolute atomic E-state index is 12.8. The average Bonchev–Trinajstić information content (AvgIpc) is 3.28. The van der Waals surface area contributed by atoms with E-state index in [2.05, 4.69) is 118 Å². The second kappa shape index (κ2) is 51.0. The van der Waals surface area contributed by atoms with Gasteiger partial charge in [0.05, 0.1) is 0 Å². The third kappa shape index (κ3) is 49.2. The van der Waals surface area contributed by atoms with Crippen LogP contribution in [0, 0.1) is 0 Å². The van der Waals surface area contributed by atoms with Gasteiger partial charge in [0.2, 0.25) is 0 Å². The quantitative estimate of drug-likeness (QED) is 0.0262. The summed E-state index contributed by atoms with van der Waals surface area (Å²) in [5.74, 6) is -1.01. The number of unbranched alkanes of at least 4 members (excludes halogenated alkanes) is 18. The summed E-state index contributed by atoms with van der Waals surface area (Å²) in [6.45, 7) is 6.40. The fourth-order valence-electron chi connectivity index (χ4n) is 6.72. The van der Waals surface area contributed by atoms with Crippen molar-refractivity contribution in [3.8, 4) is 0 Å². The molecule has 0 fully saturated rings. The minimum Gasteiger partial charge on any atom is -0.462 e. The second-order valence-electron chi connectivity index (χ2n) is 16.7. The van der Waals surface area contributed by atoms with Crippen molar-refractivity contribution >= 4 is 17.9 Å². The number of rotatable bonds is 45. The van der Waals surface area contributed by atoms with Gasteiger partial charge in [-0.1, -0.05) is 208 Å². The van der Waals surface area contributed by atoms with Gasteiger partial charge >= 0.3 is 17.9 Å². The van der Waals surface area contributed by atoms with E-state index in [4.69, 9.17) is 14.2 Å². The molecule has 6 heteroatoms. The van der Waals surface area contributed by atoms with Gasteiger partial charge in [0.1, 0.15) is 13.2 Å². The molecule has 0 spiro atoms. The molecule has 358 valence electrons. The molecule has 0 rings (SSSR count). The van der Waals surface area contributed by atoms with Crippen LogP contribution in [-0.2, 0) is 28.6 Å². The number of ether oxygens (including phenoxy) is 3. The summed E-state index contributed by atoms with van der Waals surface area (Å²) in [6.07, 6.45) is 66.8. The van der Waals surface area contributed by atoms with Crippen molar-refractivity contribution in [3.63, 3.8) is 0 Å². The first-order valence-electron chi connectivity index (χ1n) is 25.7. The molecule has 0 saturated heterocycles. The largest absolute Gasteiger partial charge is 0.462 e. The zero-order chi connectivity index (χ0) is 45.8. The smallest absolute Gasteiger partial charge is 0.306 e. The molecule has 0 aliphatic carbocycles. The van der Waals surface area contributed by atoms with Gasteiger partial charge in [-0.3, -0.25) is 14.4 Å².